The van der Waals surface area contributed by atoms with E-state index in [0.717, 1.165) is 17.3 Å². The zero-order valence-corrected chi connectivity index (χ0v) is 6.61. The molecular formula is C6H9BrN2. The van der Waals surface area contributed by atoms with Crippen molar-refractivity contribution in [1.29, 1.82) is 5.41 Å². The van der Waals surface area contributed by atoms with E-state index in [4.69, 9.17) is 11.1 Å². The van der Waals surface area contributed by atoms with Gasteiger partial charge in [0, 0.05) is 12.1 Å². The summed E-state index contributed by atoms with van der Waals surface area (Å²) in [6.45, 7) is 0. The van der Waals surface area contributed by atoms with Crippen molar-refractivity contribution in [3.05, 3.63) is 10.7 Å². The number of nitrogens with one attached hydrogen (secondary N) is 1. The molecule has 0 saturated heterocycles. The molecule has 1 fully saturated rings. The molecule has 1 aliphatic rings. The molecule has 3 heteroatoms. The maximum Gasteiger partial charge on any atom is 0.0540 e. The molecular weight excluding hydrogens is 180 g/mol. The minimum Gasteiger partial charge on any atom is -0.404 e. The van der Waals surface area contributed by atoms with Crippen LogP contribution in [0.1, 0.15) is 12.8 Å². The molecule has 0 aromatic rings. The molecule has 2 nitrogen and oxygen atoms in total. The van der Waals surface area contributed by atoms with Gasteiger partial charge in [-0.2, -0.15) is 0 Å². The number of hydrogen-bond donors (Lipinski definition) is 2. The molecule has 9 heavy (non-hydrogen) atoms. The number of nitrogens with two attached hydrogens (primary N) is 1. The lowest BCUT2D eigenvalue weighted by molar-refractivity contribution is 1.17. The fourth-order valence-corrected chi connectivity index (χ4v) is 0.981. The van der Waals surface area contributed by atoms with E-state index in [9.17, 15) is 0 Å². The van der Waals surface area contributed by atoms with Gasteiger partial charge in [-0.05, 0) is 28.8 Å². The van der Waals surface area contributed by atoms with E-state index in [0.29, 0.717) is 11.6 Å². The number of rotatable bonds is 2. The highest BCUT2D eigenvalue weighted by molar-refractivity contribution is 9.12. The summed E-state index contributed by atoms with van der Waals surface area (Å²) in [5.41, 5.74) is 5.84. The van der Waals surface area contributed by atoms with Crippen LogP contribution in [0.3, 0.4) is 0 Å². The Bertz CT molecular complexity index is 158. The molecule has 3 N–H and O–H groups in total. The summed E-state index contributed by atoms with van der Waals surface area (Å²) in [5, 5.41) is 7.42. The van der Waals surface area contributed by atoms with Crippen molar-refractivity contribution in [2.45, 2.75) is 12.8 Å². The van der Waals surface area contributed by atoms with E-state index in [2.05, 4.69) is 15.9 Å². The van der Waals surface area contributed by atoms with Crippen LogP contribution in [-0.4, -0.2) is 5.71 Å². The Kier molecular flexibility index (Phi) is 1.90. The van der Waals surface area contributed by atoms with Gasteiger partial charge in [-0.3, -0.25) is 0 Å². The molecule has 0 heterocycles. The van der Waals surface area contributed by atoms with E-state index in [1.807, 2.05) is 0 Å². The van der Waals surface area contributed by atoms with Crippen molar-refractivity contribution in [3.63, 3.8) is 0 Å². The molecule has 1 aliphatic carbocycles. The second-order valence-corrected chi connectivity index (χ2v) is 3.06. The molecule has 1 rings (SSSR count). The molecule has 0 atom stereocenters. The lowest BCUT2D eigenvalue weighted by atomic mass is 10.2. The first kappa shape index (κ1) is 6.81. The Balaban J connectivity index is 2.50. The molecule has 0 radical (unpaired) electrons. The monoisotopic (exact) mass is 188 g/mol. The van der Waals surface area contributed by atoms with Gasteiger partial charge in [-0.1, -0.05) is 0 Å². The molecule has 0 aliphatic heterocycles. The van der Waals surface area contributed by atoms with Crippen molar-refractivity contribution in [3.8, 4) is 0 Å². The third kappa shape index (κ3) is 1.55. The van der Waals surface area contributed by atoms with Crippen LogP contribution in [0.15, 0.2) is 10.7 Å². The minimum absolute atomic E-state index is 0.485. The van der Waals surface area contributed by atoms with Crippen molar-refractivity contribution >= 4 is 21.6 Å². The topological polar surface area (TPSA) is 49.9 Å². The Morgan fingerprint density at radius 2 is 2.22 bits per heavy atom. The maximum absolute atomic E-state index is 7.42. The highest BCUT2D eigenvalue weighted by atomic mass is 79.9. The molecule has 0 aromatic carbocycles. The van der Waals surface area contributed by atoms with Crippen molar-refractivity contribution in [1.82, 2.24) is 0 Å². The minimum atomic E-state index is 0.485. The van der Waals surface area contributed by atoms with Gasteiger partial charge >= 0.3 is 0 Å². The standard InChI is InChI=1S/C6H9BrN2/c7-5(3-8)6(9)4-1-2-4/h3-4,9H,1-2,8H2/b5-3+,9-6?. The summed E-state index contributed by atoms with van der Waals surface area (Å²) in [6.07, 6.45) is 3.74. The second kappa shape index (κ2) is 2.52. The van der Waals surface area contributed by atoms with Gasteiger partial charge in [-0.15, -0.1) is 0 Å². The molecule has 0 bridgehead atoms. The predicted octanol–water partition coefficient (Wildman–Crippen LogP) is 1.61. The van der Waals surface area contributed by atoms with Gasteiger partial charge in [0.1, 0.15) is 0 Å². The average Bonchev–Trinajstić information content (AvgIpc) is 2.66. The molecule has 0 aromatic heterocycles. The SMILES string of the molecule is N=C(/C(Br)=C\N)C1CC1. The third-order valence-electron chi connectivity index (χ3n) is 1.39. The Morgan fingerprint density at radius 1 is 1.67 bits per heavy atom. The molecule has 50 valence electrons. The zero-order valence-electron chi connectivity index (χ0n) is 5.02. The van der Waals surface area contributed by atoms with E-state index < -0.39 is 0 Å². The van der Waals surface area contributed by atoms with E-state index in [1.165, 1.54) is 6.20 Å². The van der Waals surface area contributed by atoms with Crippen LogP contribution in [0, 0.1) is 11.3 Å². The average molecular weight is 189 g/mol. The van der Waals surface area contributed by atoms with Crippen molar-refractivity contribution in [2.24, 2.45) is 11.7 Å². The Labute approximate surface area is 62.8 Å². The number of halogens is 1. The summed E-state index contributed by atoms with van der Waals surface area (Å²) in [6, 6.07) is 0. The van der Waals surface area contributed by atoms with Gasteiger partial charge in [0.2, 0.25) is 0 Å². The lowest BCUT2D eigenvalue weighted by Crippen LogP contribution is -1.99. The first-order valence-electron chi connectivity index (χ1n) is 2.92. The van der Waals surface area contributed by atoms with Gasteiger partial charge < -0.3 is 11.1 Å². The van der Waals surface area contributed by atoms with E-state index in [1.54, 1.807) is 0 Å². The van der Waals surface area contributed by atoms with E-state index in [-0.39, 0.29) is 0 Å². The summed E-state index contributed by atoms with van der Waals surface area (Å²) in [5.74, 6) is 0.485. The van der Waals surface area contributed by atoms with Gasteiger partial charge in [0.15, 0.2) is 0 Å². The molecule has 0 unspecified atom stereocenters. The Morgan fingerprint density at radius 3 is 2.56 bits per heavy atom. The van der Waals surface area contributed by atoms with Crippen molar-refractivity contribution < 1.29 is 0 Å². The summed E-state index contributed by atoms with van der Waals surface area (Å²) < 4.78 is 0.741. The number of allylic oxidation sites excluding steroid dienone is 1. The van der Waals surface area contributed by atoms with Gasteiger partial charge in [0.05, 0.1) is 10.2 Å². The summed E-state index contributed by atoms with van der Waals surface area (Å²) >= 11 is 3.19. The van der Waals surface area contributed by atoms with Crippen LogP contribution >= 0.6 is 15.9 Å². The van der Waals surface area contributed by atoms with Crippen LogP contribution in [0.2, 0.25) is 0 Å². The lowest BCUT2D eigenvalue weighted by Gasteiger charge is -1.95. The predicted molar refractivity (Wildman–Crippen MR) is 41.6 cm³/mol. The fraction of sp³-hybridized carbons (Fsp3) is 0.500. The van der Waals surface area contributed by atoms with Gasteiger partial charge in [0.25, 0.3) is 0 Å². The molecule has 1 saturated carbocycles. The van der Waals surface area contributed by atoms with Crippen LogP contribution in [-0.2, 0) is 0 Å². The van der Waals surface area contributed by atoms with Crippen LogP contribution in [0.25, 0.3) is 0 Å². The first-order chi connectivity index (χ1) is 4.25. The summed E-state index contributed by atoms with van der Waals surface area (Å²) in [7, 11) is 0. The van der Waals surface area contributed by atoms with Crippen molar-refractivity contribution in [2.75, 3.05) is 0 Å². The highest BCUT2D eigenvalue weighted by Crippen LogP contribution is 2.33. The first-order valence-corrected chi connectivity index (χ1v) is 3.71. The van der Waals surface area contributed by atoms with Gasteiger partial charge in [-0.25, -0.2) is 0 Å². The zero-order chi connectivity index (χ0) is 6.85. The second-order valence-electron chi connectivity index (χ2n) is 2.20. The normalized spacial score (nSPS) is 19.9. The van der Waals surface area contributed by atoms with Crippen LogP contribution in [0.5, 0.6) is 0 Å². The van der Waals surface area contributed by atoms with E-state index >= 15 is 0 Å². The van der Waals surface area contributed by atoms with Crippen LogP contribution < -0.4 is 5.73 Å². The molecule has 0 amide bonds. The largest absolute Gasteiger partial charge is 0.404 e. The third-order valence-corrected chi connectivity index (χ3v) is 2.08. The maximum atomic E-state index is 7.42. The summed E-state index contributed by atoms with van der Waals surface area (Å²) in [4.78, 5) is 0. The quantitative estimate of drug-likeness (QED) is 0.637. The highest BCUT2D eigenvalue weighted by Gasteiger charge is 2.27. The van der Waals surface area contributed by atoms with Crippen LogP contribution in [0.4, 0.5) is 0 Å². The Hall–Kier alpha value is -0.310. The smallest absolute Gasteiger partial charge is 0.0540 e. The number of hydrogen-bond acceptors (Lipinski definition) is 2. The fourth-order valence-electron chi connectivity index (χ4n) is 0.657. The molecule has 0 spiro atoms.